The van der Waals surface area contributed by atoms with Crippen molar-refractivity contribution < 1.29 is 9.59 Å². The normalized spacial score (nSPS) is 19.6. The SMILES string of the molecule is CCC(=O)N1CCCCC1C(CCN(C(C)C)C(C)C)(C(N)=O)c1ccccc1. The summed E-state index contributed by atoms with van der Waals surface area (Å²) in [5.74, 6) is -0.210. The fourth-order valence-corrected chi connectivity index (χ4v) is 5.03. The van der Waals surface area contributed by atoms with E-state index in [9.17, 15) is 9.59 Å². The maximum atomic E-state index is 13.2. The highest BCUT2D eigenvalue weighted by atomic mass is 16.2. The van der Waals surface area contributed by atoms with Gasteiger partial charge in [-0.2, -0.15) is 0 Å². The number of amides is 2. The summed E-state index contributed by atoms with van der Waals surface area (Å²) in [5, 5.41) is 0. The van der Waals surface area contributed by atoms with Crippen LogP contribution in [0.3, 0.4) is 0 Å². The van der Waals surface area contributed by atoms with E-state index in [4.69, 9.17) is 5.73 Å². The van der Waals surface area contributed by atoms with Crippen molar-refractivity contribution in [2.75, 3.05) is 13.1 Å². The topological polar surface area (TPSA) is 66.6 Å². The molecule has 1 fully saturated rings. The quantitative estimate of drug-likeness (QED) is 0.686. The molecule has 5 heteroatoms. The molecule has 1 aromatic carbocycles. The summed E-state index contributed by atoms with van der Waals surface area (Å²) in [6.07, 6.45) is 3.87. The molecule has 0 saturated carbocycles. The van der Waals surface area contributed by atoms with Crippen LogP contribution in [0.25, 0.3) is 0 Å². The number of carbonyl (C=O) groups excluding carboxylic acids is 2. The zero-order valence-electron chi connectivity index (χ0n) is 18.9. The van der Waals surface area contributed by atoms with Crippen molar-refractivity contribution >= 4 is 11.8 Å². The molecule has 29 heavy (non-hydrogen) atoms. The van der Waals surface area contributed by atoms with Crippen molar-refractivity contribution in [1.82, 2.24) is 9.80 Å². The van der Waals surface area contributed by atoms with Gasteiger partial charge in [0.25, 0.3) is 0 Å². The van der Waals surface area contributed by atoms with E-state index >= 15 is 0 Å². The number of likely N-dealkylation sites (tertiary alicyclic amines) is 1. The first-order valence-corrected chi connectivity index (χ1v) is 11.2. The lowest BCUT2D eigenvalue weighted by atomic mass is 9.67. The molecular formula is C24H39N3O2. The molecule has 1 aliphatic heterocycles. The first kappa shape index (κ1) is 23.4. The van der Waals surface area contributed by atoms with Gasteiger partial charge in [0.1, 0.15) is 0 Å². The first-order chi connectivity index (χ1) is 13.8. The van der Waals surface area contributed by atoms with Crippen molar-refractivity contribution in [3.05, 3.63) is 35.9 Å². The summed E-state index contributed by atoms with van der Waals surface area (Å²) in [6, 6.07) is 10.4. The summed E-state index contributed by atoms with van der Waals surface area (Å²) in [7, 11) is 0. The van der Waals surface area contributed by atoms with Gasteiger partial charge in [-0.1, -0.05) is 37.3 Å². The minimum Gasteiger partial charge on any atom is -0.369 e. The van der Waals surface area contributed by atoms with Crippen molar-refractivity contribution in [1.29, 1.82) is 0 Å². The standard InChI is InChI=1S/C24H39N3O2/c1-6-22(28)27-16-11-10-14-21(27)24(23(25)29,20-12-8-7-9-13-20)15-17-26(18(2)3)19(4)5/h7-9,12-13,18-19,21H,6,10-11,14-17H2,1-5H3,(H2,25,29). The summed E-state index contributed by atoms with van der Waals surface area (Å²) in [6.45, 7) is 12.1. The number of hydrogen-bond donors (Lipinski definition) is 1. The zero-order chi connectivity index (χ0) is 21.6. The van der Waals surface area contributed by atoms with Crippen LogP contribution in [-0.2, 0) is 15.0 Å². The number of nitrogens with zero attached hydrogens (tertiary/aromatic N) is 2. The minimum atomic E-state index is -0.880. The lowest BCUT2D eigenvalue weighted by Crippen LogP contribution is -2.61. The molecule has 1 heterocycles. The Morgan fingerprint density at radius 2 is 1.76 bits per heavy atom. The summed E-state index contributed by atoms with van der Waals surface area (Å²) >= 11 is 0. The number of carbonyl (C=O) groups is 2. The van der Waals surface area contributed by atoms with Gasteiger partial charge < -0.3 is 10.6 Å². The molecule has 0 bridgehead atoms. The average molecular weight is 402 g/mol. The molecular weight excluding hydrogens is 362 g/mol. The number of hydrogen-bond acceptors (Lipinski definition) is 3. The highest BCUT2D eigenvalue weighted by Gasteiger charge is 2.50. The van der Waals surface area contributed by atoms with Crippen molar-refractivity contribution in [3.63, 3.8) is 0 Å². The monoisotopic (exact) mass is 401 g/mol. The maximum absolute atomic E-state index is 13.2. The molecule has 2 N–H and O–H groups in total. The second kappa shape index (κ2) is 10.2. The molecule has 5 nitrogen and oxygen atoms in total. The van der Waals surface area contributed by atoms with Crippen molar-refractivity contribution in [3.8, 4) is 0 Å². The van der Waals surface area contributed by atoms with Crippen molar-refractivity contribution in [2.24, 2.45) is 5.73 Å². The summed E-state index contributed by atoms with van der Waals surface area (Å²) < 4.78 is 0. The Kier molecular flexibility index (Phi) is 8.26. The maximum Gasteiger partial charge on any atom is 0.230 e. The van der Waals surface area contributed by atoms with E-state index in [0.717, 1.165) is 31.4 Å². The number of piperidine rings is 1. The Morgan fingerprint density at radius 1 is 1.14 bits per heavy atom. The Balaban J connectivity index is 2.54. The Labute approximate surface area is 176 Å². The van der Waals surface area contributed by atoms with Crippen LogP contribution in [0.5, 0.6) is 0 Å². The van der Waals surface area contributed by atoms with E-state index in [2.05, 4.69) is 32.6 Å². The van der Waals surface area contributed by atoms with Crippen LogP contribution < -0.4 is 5.73 Å². The van der Waals surface area contributed by atoms with Gasteiger partial charge in [0.15, 0.2) is 0 Å². The van der Waals surface area contributed by atoms with E-state index < -0.39 is 5.41 Å². The first-order valence-electron chi connectivity index (χ1n) is 11.2. The lowest BCUT2D eigenvalue weighted by molar-refractivity contribution is -0.140. The molecule has 2 unspecified atom stereocenters. The largest absolute Gasteiger partial charge is 0.369 e. The highest BCUT2D eigenvalue weighted by Crippen LogP contribution is 2.40. The molecule has 0 spiro atoms. The van der Waals surface area contributed by atoms with Gasteiger partial charge in [-0.15, -0.1) is 0 Å². The van der Waals surface area contributed by atoms with Crippen LogP contribution >= 0.6 is 0 Å². The third kappa shape index (κ3) is 5.00. The second-order valence-corrected chi connectivity index (χ2v) is 8.83. The minimum absolute atomic E-state index is 0.112. The summed E-state index contributed by atoms with van der Waals surface area (Å²) in [5.41, 5.74) is 6.23. The van der Waals surface area contributed by atoms with E-state index in [-0.39, 0.29) is 17.9 Å². The van der Waals surface area contributed by atoms with Gasteiger partial charge in [-0.3, -0.25) is 14.5 Å². The summed E-state index contributed by atoms with van der Waals surface area (Å²) in [4.78, 5) is 30.3. The van der Waals surface area contributed by atoms with E-state index in [1.807, 2.05) is 42.2 Å². The van der Waals surface area contributed by atoms with E-state index in [1.54, 1.807) is 0 Å². The molecule has 0 radical (unpaired) electrons. The van der Waals surface area contributed by atoms with Gasteiger partial charge in [0, 0.05) is 31.6 Å². The van der Waals surface area contributed by atoms with Crippen LogP contribution in [0.1, 0.15) is 72.3 Å². The number of benzene rings is 1. The lowest BCUT2D eigenvalue weighted by Gasteiger charge is -2.48. The van der Waals surface area contributed by atoms with Crippen LogP contribution in [-0.4, -0.2) is 52.8 Å². The Morgan fingerprint density at radius 3 is 2.28 bits per heavy atom. The Bertz CT molecular complexity index is 666. The average Bonchev–Trinajstić information content (AvgIpc) is 2.70. The van der Waals surface area contributed by atoms with Crippen LogP contribution in [0.15, 0.2) is 30.3 Å². The molecule has 1 saturated heterocycles. The van der Waals surface area contributed by atoms with Gasteiger partial charge in [-0.25, -0.2) is 0 Å². The van der Waals surface area contributed by atoms with Crippen LogP contribution in [0, 0.1) is 0 Å². The van der Waals surface area contributed by atoms with Gasteiger partial charge in [-0.05, 0) is 58.9 Å². The molecule has 162 valence electrons. The predicted molar refractivity (Wildman–Crippen MR) is 119 cm³/mol. The van der Waals surface area contributed by atoms with Gasteiger partial charge >= 0.3 is 0 Å². The third-order valence-corrected chi connectivity index (χ3v) is 6.51. The predicted octanol–water partition coefficient (Wildman–Crippen LogP) is 3.71. The molecule has 2 amide bonds. The van der Waals surface area contributed by atoms with Crippen LogP contribution in [0.4, 0.5) is 0 Å². The van der Waals surface area contributed by atoms with Crippen molar-refractivity contribution in [2.45, 2.75) is 90.3 Å². The molecule has 0 aromatic heterocycles. The molecule has 1 aliphatic rings. The Hall–Kier alpha value is -1.88. The third-order valence-electron chi connectivity index (χ3n) is 6.51. The van der Waals surface area contributed by atoms with Gasteiger partial charge in [0.05, 0.1) is 11.5 Å². The van der Waals surface area contributed by atoms with Gasteiger partial charge in [0.2, 0.25) is 11.8 Å². The zero-order valence-corrected chi connectivity index (χ0v) is 18.9. The molecule has 2 rings (SSSR count). The molecule has 1 aromatic rings. The number of primary amides is 1. The molecule has 2 atom stereocenters. The smallest absolute Gasteiger partial charge is 0.230 e. The van der Waals surface area contributed by atoms with Crippen LogP contribution in [0.2, 0.25) is 0 Å². The van der Waals surface area contributed by atoms with E-state index in [0.29, 0.717) is 31.5 Å². The number of nitrogens with two attached hydrogens (primary N) is 1. The fourth-order valence-electron chi connectivity index (χ4n) is 5.03. The highest BCUT2D eigenvalue weighted by molar-refractivity contribution is 5.89. The van der Waals surface area contributed by atoms with E-state index in [1.165, 1.54) is 0 Å². The fraction of sp³-hybridized carbons (Fsp3) is 0.667. The molecule has 0 aliphatic carbocycles. The second-order valence-electron chi connectivity index (χ2n) is 8.83. The number of rotatable bonds is 9.